The topological polar surface area (TPSA) is 61.8 Å². The Morgan fingerprint density at radius 3 is 2.11 bits per heavy atom. The number of Topliss-reactive ketones (excluding diaryl/α,β-unsaturated/α-hetero) is 1. The molecular formula is C13H22O5. The standard InChI is InChI=1S/C13H22O5/c1-9(2)10(12(15)16-3)11(14)13(17-4)5-7-18-8-6-13/h9-10H,5-8H2,1-4H3. The molecule has 0 bridgehead atoms. The van der Waals surface area contributed by atoms with Crippen LogP contribution in [-0.2, 0) is 23.8 Å². The van der Waals surface area contributed by atoms with Crippen molar-refractivity contribution in [2.75, 3.05) is 27.4 Å². The summed E-state index contributed by atoms with van der Waals surface area (Å²) < 4.78 is 15.4. The van der Waals surface area contributed by atoms with Gasteiger partial charge in [0.25, 0.3) is 0 Å². The van der Waals surface area contributed by atoms with Crippen molar-refractivity contribution < 1.29 is 23.8 Å². The van der Waals surface area contributed by atoms with Crippen LogP contribution in [0, 0.1) is 11.8 Å². The van der Waals surface area contributed by atoms with E-state index in [4.69, 9.17) is 14.2 Å². The third kappa shape index (κ3) is 2.90. The molecule has 18 heavy (non-hydrogen) atoms. The van der Waals surface area contributed by atoms with E-state index in [1.54, 1.807) is 0 Å². The van der Waals surface area contributed by atoms with Crippen molar-refractivity contribution in [3.63, 3.8) is 0 Å². The van der Waals surface area contributed by atoms with Gasteiger partial charge in [-0.2, -0.15) is 0 Å². The molecule has 1 heterocycles. The Bertz CT molecular complexity index is 305. The third-order valence-corrected chi connectivity index (χ3v) is 3.54. The first-order valence-corrected chi connectivity index (χ1v) is 6.23. The van der Waals surface area contributed by atoms with Gasteiger partial charge in [0.2, 0.25) is 0 Å². The summed E-state index contributed by atoms with van der Waals surface area (Å²) in [5, 5.41) is 0. The highest BCUT2D eigenvalue weighted by Crippen LogP contribution is 2.31. The van der Waals surface area contributed by atoms with Crippen LogP contribution in [0.3, 0.4) is 0 Å². The van der Waals surface area contributed by atoms with E-state index in [1.165, 1.54) is 14.2 Å². The summed E-state index contributed by atoms with van der Waals surface area (Å²) >= 11 is 0. The van der Waals surface area contributed by atoms with Crippen LogP contribution in [0.25, 0.3) is 0 Å². The van der Waals surface area contributed by atoms with Gasteiger partial charge in [0.15, 0.2) is 5.78 Å². The van der Waals surface area contributed by atoms with Crippen molar-refractivity contribution in [1.29, 1.82) is 0 Å². The molecule has 1 unspecified atom stereocenters. The second-order valence-corrected chi connectivity index (χ2v) is 4.92. The lowest BCUT2D eigenvalue weighted by Gasteiger charge is -2.37. The highest BCUT2D eigenvalue weighted by atomic mass is 16.5. The smallest absolute Gasteiger partial charge is 0.316 e. The molecule has 0 aromatic heterocycles. The quantitative estimate of drug-likeness (QED) is 0.547. The van der Waals surface area contributed by atoms with Crippen LogP contribution < -0.4 is 0 Å². The van der Waals surface area contributed by atoms with Crippen LogP contribution in [0.1, 0.15) is 26.7 Å². The predicted octanol–water partition coefficient (Wildman–Crippen LogP) is 1.20. The Kier molecular flexibility index (Phi) is 5.28. The Labute approximate surface area is 108 Å². The Balaban J connectivity index is 2.96. The molecule has 0 aromatic carbocycles. The van der Waals surface area contributed by atoms with Gasteiger partial charge >= 0.3 is 5.97 Å². The van der Waals surface area contributed by atoms with Gasteiger partial charge in [-0.15, -0.1) is 0 Å². The first-order valence-electron chi connectivity index (χ1n) is 6.23. The Morgan fingerprint density at radius 2 is 1.72 bits per heavy atom. The fraction of sp³-hybridized carbons (Fsp3) is 0.846. The van der Waals surface area contributed by atoms with Gasteiger partial charge in [0, 0.05) is 33.2 Å². The van der Waals surface area contributed by atoms with E-state index < -0.39 is 17.5 Å². The van der Waals surface area contributed by atoms with Crippen molar-refractivity contribution in [1.82, 2.24) is 0 Å². The lowest BCUT2D eigenvalue weighted by Crippen LogP contribution is -2.51. The zero-order valence-electron chi connectivity index (χ0n) is 11.5. The molecule has 1 saturated heterocycles. The Hall–Kier alpha value is -0.940. The third-order valence-electron chi connectivity index (χ3n) is 3.54. The molecule has 1 atom stereocenters. The van der Waals surface area contributed by atoms with Crippen molar-refractivity contribution in [2.45, 2.75) is 32.3 Å². The van der Waals surface area contributed by atoms with Gasteiger partial charge < -0.3 is 14.2 Å². The molecule has 5 nitrogen and oxygen atoms in total. The van der Waals surface area contributed by atoms with Crippen LogP contribution in [-0.4, -0.2) is 44.8 Å². The minimum Gasteiger partial charge on any atom is -0.468 e. The molecule has 1 aliphatic rings. The lowest BCUT2D eigenvalue weighted by molar-refractivity contribution is -0.167. The summed E-state index contributed by atoms with van der Waals surface area (Å²) in [6.07, 6.45) is 0.977. The number of hydrogen-bond donors (Lipinski definition) is 0. The largest absolute Gasteiger partial charge is 0.468 e. The first kappa shape index (κ1) is 15.1. The van der Waals surface area contributed by atoms with Crippen molar-refractivity contribution >= 4 is 11.8 Å². The van der Waals surface area contributed by atoms with E-state index in [0.29, 0.717) is 26.1 Å². The molecule has 1 rings (SSSR count). The second kappa shape index (κ2) is 6.29. The molecule has 104 valence electrons. The summed E-state index contributed by atoms with van der Waals surface area (Å²) in [6, 6.07) is 0. The van der Waals surface area contributed by atoms with Gasteiger partial charge in [0.1, 0.15) is 11.5 Å². The van der Waals surface area contributed by atoms with Gasteiger partial charge in [-0.1, -0.05) is 13.8 Å². The van der Waals surface area contributed by atoms with E-state index in [9.17, 15) is 9.59 Å². The number of hydrogen-bond acceptors (Lipinski definition) is 5. The first-order chi connectivity index (χ1) is 8.48. The number of methoxy groups -OCH3 is 2. The van der Waals surface area contributed by atoms with Gasteiger partial charge in [-0.3, -0.25) is 9.59 Å². The maximum absolute atomic E-state index is 12.6. The van der Waals surface area contributed by atoms with E-state index in [-0.39, 0.29) is 11.7 Å². The van der Waals surface area contributed by atoms with Crippen molar-refractivity contribution in [2.24, 2.45) is 11.8 Å². The lowest BCUT2D eigenvalue weighted by atomic mass is 9.78. The van der Waals surface area contributed by atoms with E-state index in [2.05, 4.69) is 0 Å². The summed E-state index contributed by atoms with van der Waals surface area (Å²) in [7, 11) is 2.81. The highest BCUT2D eigenvalue weighted by molar-refractivity contribution is 6.03. The van der Waals surface area contributed by atoms with Crippen LogP contribution in [0.15, 0.2) is 0 Å². The fourth-order valence-corrected chi connectivity index (χ4v) is 2.34. The molecule has 0 N–H and O–H groups in total. The summed E-state index contributed by atoms with van der Waals surface area (Å²) in [4.78, 5) is 24.4. The molecular weight excluding hydrogens is 236 g/mol. The van der Waals surface area contributed by atoms with E-state index in [0.717, 1.165) is 0 Å². The average molecular weight is 258 g/mol. The Morgan fingerprint density at radius 1 is 1.17 bits per heavy atom. The van der Waals surface area contributed by atoms with Crippen molar-refractivity contribution in [3.05, 3.63) is 0 Å². The number of carbonyl (C=O) groups excluding carboxylic acids is 2. The van der Waals surface area contributed by atoms with Crippen LogP contribution in [0.4, 0.5) is 0 Å². The molecule has 0 amide bonds. The SMILES string of the molecule is COC(=O)C(C(=O)C1(OC)CCOCC1)C(C)C. The minimum absolute atomic E-state index is 0.111. The highest BCUT2D eigenvalue weighted by Gasteiger charge is 2.47. The zero-order valence-corrected chi connectivity index (χ0v) is 11.5. The number of ether oxygens (including phenoxy) is 3. The maximum Gasteiger partial charge on any atom is 0.316 e. The van der Waals surface area contributed by atoms with Crippen LogP contribution >= 0.6 is 0 Å². The summed E-state index contributed by atoms with van der Waals surface area (Å²) in [5.41, 5.74) is -0.901. The molecule has 0 aromatic rings. The number of ketones is 1. The second-order valence-electron chi connectivity index (χ2n) is 4.92. The molecule has 1 fully saturated rings. The summed E-state index contributed by atoms with van der Waals surface area (Å²) in [6.45, 7) is 4.63. The molecule has 0 radical (unpaired) electrons. The van der Waals surface area contributed by atoms with Crippen LogP contribution in [0.2, 0.25) is 0 Å². The van der Waals surface area contributed by atoms with Gasteiger partial charge in [-0.05, 0) is 5.92 Å². The average Bonchev–Trinajstić information content (AvgIpc) is 2.38. The molecule has 0 saturated carbocycles. The predicted molar refractivity (Wildman–Crippen MR) is 65.1 cm³/mol. The number of esters is 1. The summed E-state index contributed by atoms with van der Waals surface area (Å²) in [5.74, 6) is -1.55. The fourth-order valence-electron chi connectivity index (χ4n) is 2.34. The zero-order chi connectivity index (χ0) is 13.8. The van der Waals surface area contributed by atoms with Gasteiger partial charge in [-0.25, -0.2) is 0 Å². The number of carbonyl (C=O) groups is 2. The van der Waals surface area contributed by atoms with Crippen molar-refractivity contribution in [3.8, 4) is 0 Å². The minimum atomic E-state index is -0.901. The molecule has 0 aliphatic carbocycles. The van der Waals surface area contributed by atoms with E-state index >= 15 is 0 Å². The number of rotatable bonds is 5. The molecule has 1 aliphatic heterocycles. The van der Waals surface area contributed by atoms with Crippen LogP contribution in [0.5, 0.6) is 0 Å². The monoisotopic (exact) mass is 258 g/mol. The molecule has 0 spiro atoms. The normalized spacial score (nSPS) is 20.5. The molecule has 5 heteroatoms. The maximum atomic E-state index is 12.6. The van der Waals surface area contributed by atoms with Gasteiger partial charge in [0.05, 0.1) is 7.11 Å². The van der Waals surface area contributed by atoms with E-state index in [1.807, 2.05) is 13.8 Å².